The fourth-order valence-corrected chi connectivity index (χ4v) is 2.11. The Morgan fingerprint density at radius 2 is 2.12 bits per heavy atom. The fourth-order valence-electron chi connectivity index (χ4n) is 2.11. The first-order chi connectivity index (χ1) is 7.65. The summed E-state index contributed by atoms with van der Waals surface area (Å²) < 4.78 is 10.2. The number of carbonyl (C=O) groups is 1. The Morgan fingerprint density at radius 3 is 2.75 bits per heavy atom. The Bertz CT molecular complexity index is 380. The maximum atomic E-state index is 11.4. The van der Waals surface area contributed by atoms with E-state index < -0.39 is 5.97 Å². The lowest BCUT2D eigenvalue weighted by atomic mass is 9.89. The molecule has 16 heavy (non-hydrogen) atoms. The van der Waals surface area contributed by atoms with Gasteiger partial charge in [0.15, 0.2) is 0 Å². The minimum absolute atomic E-state index is 0.0371. The second-order valence-electron chi connectivity index (χ2n) is 4.40. The van der Waals surface area contributed by atoms with E-state index in [-0.39, 0.29) is 11.3 Å². The minimum atomic E-state index is -0.539. The SMILES string of the molecule is CCOC(=O)c1nnc(C2(C)CCCC2)o1. The number of esters is 1. The van der Waals surface area contributed by atoms with Gasteiger partial charge in [-0.1, -0.05) is 19.8 Å². The maximum Gasteiger partial charge on any atom is 0.396 e. The number of carbonyl (C=O) groups excluding carboxylic acids is 1. The molecule has 1 saturated carbocycles. The third kappa shape index (κ3) is 1.94. The van der Waals surface area contributed by atoms with Crippen molar-refractivity contribution in [2.75, 3.05) is 6.61 Å². The van der Waals surface area contributed by atoms with Gasteiger partial charge >= 0.3 is 11.9 Å². The van der Waals surface area contributed by atoms with E-state index in [2.05, 4.69) is 17.1 Å². The van der Waals surface area contributed by atoms with Crippen molar-refractivity contribution in [3.8, 4) is 0 Å². The number of hydrogen-bond donors (Lipinski definition) is 0. The van der Waals surface area contributed by atoms with Gasteiger partial charge < -0.3 is 9.15 Å². The van der Waals surface area contributed by atoms with Crippen molar-refractivity contribution in [1.29, 1.82) is 0 Å². The monoisotopic (exact) mass is 224 g/mol. The van der Waals surface area contributed by atoms with Crippen LogP contribution in [0.5, 0.6) is 0 Å². The summed E-state index contributed by atoms with van der Waals surface area (Å²) in [7, 11) is 0. The summed E-state index contributed by atoms with van der Waals surface area (Å²) in [6, 6.07) is 0. The lowest BCUT2D eigenvalue weighted by Gasteiger charge is -2.17. The van der Waals surface area contributed by atoms with Crippen LogP contribution in [-0.4, -0.2) is 22.8 Å². The number of ether oxygens (including phenoxy) is 1. The molecule has 1 aliphatic carbocycles. The number of hydrogen-bond acceptors (Lipinski definition) is 5. The van der Waals surface area contributed by atoms with Crippen molar-refractivity contribution in [3.63, 3.8) is 0 Å². The van der Waals surface area contributed by atoms with E-state index in [1.165, 1.54) is 12.8 Å². The molecule has 0 unspecified atom stereocenters. The summed E-state index contributed by atoms with van der Waals surface area (Å²) in [5.41, 5.74) is -0.0578. The summed E-state index contributed by atoms with van der Waals surface area (Å²) in [5, 5.41) is 7.69. The highest BCUT2D eigenvalue weighted by Crippen LogP contribution is 2.39. The van der Waals surface area contributed by atoms with Crippen molar-refractivity contribution < 1.29 is 13.9 Å². The van der Waals surface area contributed by atoms with E-state index in [1.807, 2.05) is 0 Å². The topological polar surface area (TPSA) is 65.2 Å². The molecule has 1 aliphatic rings. The van der Waals surface area contributed by atoms with E-state index in [9.17, 15) is 4.79 Å². The minimum Gasteiger partial charge on any atom is -0.459 e. The molecule has 5 nitrogen and oxygen atoms in total. The molecule has 0 radical (unpaired) electrons. The molecule has 0 amide bonds. The predicted octanol–water partition coefficient (Wildman–Crippen LogP) is 2.08. The second kappa shape index (κ2) is 4.23. The summed E-state index contributed by atoms with van der Waals surface area (Å²) >= 11 is 0. The Labute approximate surface area is 94.2 Å². The molecule has 0 aliphatic heterocycles. The first kappa shape index (κ1) is 11.1. The molecule has 5 heteroatoms. The molecule has 88 valence electrons. The Hall–Kier alpha value is -1.39. The largest absolute Gasteiger partial charge is 0.459 e. The van der Waals surface area contributed by atoms with Gasteiger partial charge in [0.25, 0.3) is 0 Å². The van der Waals surface area contributed by atoms with E-state index >= 15 is 0 Å². The van der Waals surface area contributed by atoms with Gasteiger partial charge in [-0.15, -0.1) is 10.2 Å². The standard InChI is InChI=1S/C11H16N2O3/c1-3-15-9(14)8-12-13-10(16-8)11(2)6-4-5-7-11/h3-7H2,1-2H3. The van der Waals surface area contributed by atoms with Gasteiger partial charge in [-0.2, -0.15) is 0 Å². The molecule has 1 aromatic rings. The average molecular weight is 224 g/mol. The van der Waals surface area contributed by atoms with Crippen LogP contribution in [0.1, 0.15) is 56.1 Å². The van der Waals surface area contributed by atoms with E-state index in [1.54, 1.807) is 6.92 Å². The third-order valence-corrected chi connectivity index (χ3v) is 3.10. The first-order valence-electron chi connectivity index (χ1n) is 5.67. The lowest BCUT2D eigenvalue weighted by molar-refractivity contribution is 0.0476. The zero-order valence-electron chi connectivity index (χ0n) is 9.65. The van der Waals surface area contributed by atoms with Crippen molar-refractivity contribution >= 4 is 5.97 Å². The van der Waals surface area contributed by atoms with E-state index in [0.717, 1.165) is 12.8 Å². The Kier molecular flexibility index (Phi) is 2.94. The number of rotatable bonds is 3. The highest BCUT2D eigenvalue weighted by Gasteiger charge is 2.36. The molecule has 0 aromatic carbocycles. The smallest absolute Gasteiger partial charge is 0.396 e. The van der Waals surface area contributed by atoms with Crippen LogP contribution in [0.2, 0.25) is 0 Å². The van der Waals surface area contributed by atoms with E-state index in [0.29, 0.717) is 12.5 Å². The van der Waals surface area contributed by atoms with Crippen LogP contribution >= 0.6 is 0 Å². The third-order valence-electron chi connectivity index (χ3n) is 3.10. The molecule has 0 spiro atoms. The van der Waals surface area contributed by atoms with Crippen LogP contribution in [-0.2, 0) is 10.2 Å². The summed E-state index contributed by atoms with van der Waals surface area (Å²) in [6.07, 6.45) is 4.43. The molecule has 2 rings (SSSR count). The number of aromatic nitrogens is 2. The maximum absolute atomic E-state index is 11.4. The zero-order valence-corrected chi connectivity index (χ0v) is 9.65. The molecular formula is C11H16N2O3. The van der Waals surface area contributed by atoms with Crippen LogP contribution in [0.25, 0.3) is 0 Å². The van der Waals surface area contributed by atoms with Gasteiger partial charge in [-0.05, 0) is 19.8 Å². The average Bonchev–Trinajstić information content (AvgIpc) is 2.86. The van der Waals surface area contributed by atoms with Crippen LogP contribution in [0.15, 0.2) is 4.42 Å². The molecule has 0 N–H and O–H groups in total. The predicted molar refractivity (Wildman–Crippen MR) is 56.1 cm³/mol. The molecule has 1 heterocycles. The quantitative estimate of drug-likeness (QED) is 0.735. The molecule has 1 aromatic heterocycles. The molecule has 1 fully saturated rings. The van der Waals surface area contributed by atoms with Gasteiger partial charge in [0, 0.05) is 5.41 Å². The van der Waals surface area contributed by atoms with Gasteiger partial charge in [-0.3, -0.25) is 0 Å². The second-order valence-corrected chi connectivity index (χ2v) is 4.40. The zero-order chi connectivity index (χ0) is 11.6. The Balaban J connectivity index is 2.16. The summed E-state index contributed by atoms with van der Waals surface area (Å²) in [5.74, 6) is -0.0131. The van der Waals surface area contributed by atoms with E-state index in [4.69, 9.17) is 9.15 Å². The lowest BCUT2D eigenvalue weighted by Crippen LogP contribution is -2.17. The van der Waals surface area contributed by atoms with Gasteiger partial charge in [0.1, 0.15) is 0 Å². The normalized spacial score (nSPS) is 18.6. The van der Waals surface area contributed by atoms with Crippen molar-refractivity contribution in [1.82, 2.24) is 10.2 Å². The molecule has 0 saturated heterocycles. The van der Waals surface area contributed by atoms with Gasteiger partial charge in [0.05, 0.1) is 6.61 Å². The van der Waals surface area contributed by atoms with Crippen molar-refractivity contribution in [2.45, 2.75) is 44.9 Å². The highest BCUT2D eigenvalue weighted by molar-refractivity contribution is 5.83. The summed E-state index contributed by atoms with van der Waals surface area (Å²) in [4.78, 5) is 11.4. The Morgan fingerprint density at radius 1 is 1.44 bits per heavy atom. The highest BCUT2D eigenvalue weighted by atomic mass is 16.5. The van der Waals surface area contributed by atoms with Gasteiger partial charge in [-0.25, -0.2) is 4.79 Å². The van der Waals surface area contributed by atoms with Crippen LogP contribution in [0, 0.1) is 0 Å². The van der Waals surface area contributed by atoms with Gasteiger partial charge in [0.2, 0.25) is 5.89 Å². The van der Waals surface area contributed by atoms with Crippen molar-refractivity contribution in [3.05, 3.63) is 11.8 Å². The number of nitrogens with zero attached hydrogens (tertiary/aromatic N) is 2. The first-order valence-corrected chi connectivity index (χ1v) is 5.67. The van der Waals surface area contributed by atoms with Crippen LogP contribution in [0.3, 0.4) is 0 Å². The molecular weight excluding hydrogens is 208 g/mol. The fraction of sp³-hybridized carbons (Fsp3) is 0.727. The van der Waals surface area contributed by atoms with Crippen LogP contribution < -0.4 is 0 Å². The van der Waals surface area contributed by atoms with Crippen LogP contribution in [0.4, 0.5) is 0 Å². The summed E-state index contributed by atoms with van der Waals surface area (Å²) in [6.45, 7) is 4.16. The van der Waals surface area contributed by atoms with Crippen molar-refractivity contribution in [2.24, 2.45) is 0 Å². The molecule has 0 bridgehead atoms. The molecule has 0 atom stereocenters.